The number of aryl methyl sites for hydroxylation is 1. The van der Waals surface area contributed by atoms with Crippen LogP contribution in [0.4, 0.5) is 11.5 Å². The first-order valence-electron chi connectivity index (χ1n) is 10.3. The molecule has 0 atom stereocenters. The molecule has 3 N–H and O–H groups in total. The third-order valence-corrected chi connectivity index (χ3v) is 5.34. The van der Waals surface area contributed by atoms with E-state index in [9.17, 15) is 19.7 Å². The lowest BCUT2D eigenvalue weighted by atomic mass is 10.1. The number of nitro groups is 1. The van der Waals surface area contributed by atoms with Crippen molar-refractivity contribution in [3.8, 4) is 11.6 Å². The summed E-state index contributed by atoms with van der Waals surface area (Å²) < 4.78 is 10.9. The van der Waals surface area contributed by atoms with E-state index in [0.717, 1.165) is 6.33 Å². The van der Waals surface area contributed by atoms with Gasteiger partial charge in [0.2, 0.25) is 5.82 Å². The molecule has 176 valence electrons. The van der Waals surface area contributed by atoms with Crippen molar-refractivity contribution in [1.82, 2.24) is 20.3 Å². The number of piperazine rings is 1. The van der Waals surface area contributed by atoms with Gasteiger partial charge in [-0.15, -0.1) is 0 Å². The van der Waals surface area contributed by atoms with E-state index in [1.807, 2.05) is 5.43 Å². The molecule has 0 aliphatic carbocycles. The highest BCUT2D eigenvalue weighted by atomic mass is 16.6. The molecule has 1 saturated heterocycles. The fourth-order valence-corrected chi connectivity index (χ4v) is 3.64. The number of anilines is 1. The predicted octanol–water partition coefficient (Wildman–Crippen LogP) is 1.64. The lowest BCUT2D eigenvalue weighted by Crippen LogP contribution is -2.49. The highest BCUT2D eigenvalue weighted by Gasteiger charge is 2.32. The second kappa shape index (κ2) is 9.54. The van der Waals surface area contributed by atoms with Crippen LogP contribution in [0, 0.1) is 17.0 Å². The molecule has 0 radical (unpaired) electrons. The number of nitrogens with zero attached hydrogens (tertiary/aromatic N) is 5. The lowest BCUT2D eigenvalue weighted by molar-refractivity contribution is -0.385. The summed E-state index contributed by atoms with van der Waals surface area (Å²) in [6, 6.07) is 8.01. The van der Waals surface area contributed by atoms with Crippen molar-refractivity contribution in [2.45, 2.75) is 6.92 Å². The van der Waals surface area contributed by atoms with E-state index in [1.165, 1.54) is 12.3 Å². The summed E-state index contributed by atoms with van der Waals surface area (Å²) in [5.74, 6) is 4.44. The molecule has 0 bridgehead atoms. The third kappa shape index (κ3) is 4.36. The van der Waals surface area contributed by atoms with Gasteiger partial charge in [-0.05, 0) is 30.7 Å². The maximum Gasteiger partial charge on any atom is 0.373 e. The minimum Gasteiger partial charge on any atom is -0.459 e. The van der Waals surface area contributed by atoms with E-state index < -0.39 is 16.5 Å². The van der Waals surface area contributed by atoms with Gasteiger partial charge in [-0.25, -0.2) is 10.8 Å². The number of aromatic nitrogens is 2. The highest BCUT2D eigenvalue weighted by molar-refractivity contribution is 5.97. The normalized spacial score (nSPS) is 13.5. The molecule has 0 spiro atoms. The molecule has 13 nitrogen and oxygen atoms in total. The summed E-state index contributed by atoms with van der Waals surface area (Å²) in [5, 5.41) is 12.0. The zero-order valence-corrected chi connectivity index (χ0v) is 18.1. The minimum absolute atomic E-state index is 0.0542. The number of para-hydroxylation sites is 1. The van der Waals surface area contributed by atoms with Gasteiger partial charge < -0.3 is 19.0 Å². The maximum atomic E-state index is 12.5. The molecule has 1 aliphatic rings. The van der Waals surface area contributed by atoms with Crippen LogP contribution in [0.15, 0.2) is 47.3 Å². The van der Waals surface area contributed by atoms with Crippen molar-refractivity contribution in [1.29, 1.82) is 0 Å². The topological polar surface area (TPSA) is 170 Å². The van der Waals surface area contributed by atoms with Crippen LogP contribution in [-0.4, -0.2) is 57.8 Å². The van der Waals surface area contributed by atoms with E-state index in [4.69, 9.17) is 15.0 Å². The Kier molecular flexibility index (Phi) is 6.36. The van der Waals surface area contributed by atoms with Crippen molar-refractivity contribution < 1.29 is 23.7 Å². The average Bonchev–Trinajstić information content (AvgIpc) is 3.39. The largest absolute Gasteiger partial charge is 0.459 e. The van der Waals surface area contributed by atoms with Gasteiger partial charge in [-0.3, -0.25) is 25.1 Å². The Hall–Kier alpha value is -4.52. The summed E-state index contributed by atoms with van der Waals surface area (Å²) >= 11 is 0. The number of hydrogen-bond donors (Lipinski definition) is 2. The fraction of sp³-hybridized carbons (Fsp3) is 0.238. The highest BCUT2D eigenvalue weighted by Crippen LogP contribution is 2.38. The van der Waals surface area contributed by atoms with Gasteiger partial charge in [-0.1, -0.05) is 12.1 Å². The van der Waals surface area contributed by atoms with Gasteiger partial charge in [-0.2, -0.15) is 4.98 Å². The first-order valence-corrected chi connectivity index (χ1v) is 10.3. The van der Waals surface area contributed by atoms with E-state index >= 15 is 0 Å². The number of ether oxygens (including phenoxy) is 1. The summed E-state index contributed by atoms with van der Waals surface area (Å²) in [7, 11) is 0. The number of rotatable bonds is 6. The molecule has 3 aromatic rings. The first-order chi connectivity index (χ1) is 16.4. The second-order valence-electron chi connectivity index (χ2n) is 7.39. The Labute approximate surface area is 193 Å². The van der Waals surface area contributed by atoms with Crippen LogP contribution >= 0.6 is 0 Å². The van der Waals surface area contributed by atoms with Crippen molar-refractivity contribution in [3.05, 3.63) is 69.9 Å². The van der Waals surface area contributed by atoms with Gasteiger partial charge in [0.1, 0.15) is 12.1 Å². The van der Waals surface area contributed by atoms with Crippen molar-refractivity contribution in [2.24, 2.45) is 5.84 Å². The van der Waals surface area contributed by atoms with Gasteiger partial charge in [0.05, 0.1) is 16.7 Å². The summed E-state index contributed by atoms with van der Waals surface area (Å²) in [6.07, 6.45) is 2.57. The smallest absolute Gasteiger partial charge is 0.373 e. The number of nitrogens with one attached hydrogen (secondary N) is 1. The minimum atomic E-state index is -0.633. The van der Waals surface area contributed by atoms with E-state index in [-0.39, 0.29) is 34.7 Å². The average molecular weight is 467 g/mol. The molecule has 34 heavy (non-hydrogen) atoms. The number of benzene rings is 1. The number of carbonyl (C=O) groups excluding carboxylic acids is 2. The van der Waals surface area contributed by atoms with E-state index in [1.54, 1.807) is 41.0 Å². The predicted molar refractivity (Wildman–Crippen MR) is 118 cm³/mol. The standard InChI is InChI=1S/C21H21N7O6/c1-13-4-2-5-14(19(29)25-22)17(13)34-20-16(28(31)32)18(23-12-24-20)26-7-9-27(10-8-26)21(30)15-6-3-11-33-15/h2-6,11-12H,7-10,22H2,1H3,(H,25,29). The second-order valence-corrected chi connectivity index (χ2v) is 7.39. The van der Waals surface area contributed by atoms with Crippen molar-refractivity contribution in [2.75, 3.05) is 31.1 Å². The lowest BCUT2D eigenvalue weighted by Gasteiger charge is -2.34. The van der Waals surface area contributed by atoms with Crippen LogP contribution in [0.3, 0.4) is 0 Å². The first kappa shape index (κ1) is 22.7. The zero-order chi connectivity index (χ0) is 24.2. The zero-order valence-electron chi connectivity index (χ0n) is 18.1. The molecule has 4 rings (SSSR count). The molecular formula is C21H21N7O6. The van der Waals surface area contributed by atoms with Crippen molar-refractivity contribution >= 4 is 23.3 Å². The Balaban J connectivity index is 1.61. The van der Waals surface area contributed by atoms with Crippen LogP contribution in [-0.2, 0) is 0 Å². The molecule has 0 unspecified atom stereocenters. The Morgan fingerprint density at radius 2 is 1.94 bits per heavy atom. The molecule has 2 amide bonds. The van der Waals surface area contributed by atoms with Crippen LogP contribution in [0.25, 0.3) is 0 Å². The number of hydrazine groups is 1. The van der Waals surface area contributed by atoms with E-state index in [2.05, 4.69) is 9.97 Å². The summed E-state index contributed by atoms with van der Waals surface area (Å²) in [6.45, 7) is 2.92. The molecule has 1 aliphatic heterocycles. The van der Waals surface area contributed by atoms with Gasteiger partial charge >= 0.3 is 11.6 Å². The number of nitrogen functional groups attached to an aromatic ring is 1. The molecule has 3 heterocycles. The van der Waals surface area contributed by atoms with E-state index in [0.29, 0.717) is 31.7 Å². The summed E-state index contributed by atoms with van der Waals surface area (Å²) in [4.78, 5) is 47.4. The van der Waals surface area contributed by atoms with Crippen molar-refractivity contribution in [3.63, 3.8) is 0 Å². The number of nitrogens with two attached hydrogens (primary N) is 1. The van der Waals surface area contributed by atoms with Crippen LogP contribution in [0.1, 0.15) is 26.5 Å². The number of hydrogen-bond acceptors (Lipinski definition) is 10. The van der Waals surface area contributed by atoms with Crippen LogP contribution in [0.5, 0.6) is 11.6 Å². The Morgan fingerprint density at radius 3 is 2.59 bits per heavy atom. The van der Waals surface area contributed by atoms with Crippen LogP contribution < -0.4 is 20.9 Å². The van der Waals surface area contributed by atoms with Gasteiger partial charge in [0, 0.05) is 26.2 Å². The number of carbonyl (C=O) groups is 2. The monoisotopic (exact) mass is 467 g/mol. The molecule has 1 fully saturated rings. The van der Waals surface area contributed by atoms with Gasteiger partial charge in [0.15, 0.2) is 5.76 Å². The third-order valence-electron chi connectivity index (χ3n) is 5.34. The molecule has 13 heteroatoms. The molecule has 1 aromatic carbocycles. The van der Waals surface area contributed by atoms with Gasteiger partial charge in [0.25, 0.3) is 11.8 Å². The molecular weight excluding hydrogens is 446 g/mol. The molecule has 0 saturated carbocycles. The Morgan fingerprint density at radius 1 is 1.18 bits per heavy atom. The van der Waals surface area contributed by atoms with Crippen LogP contribution in [0.2, 0.25) is 0 Å². The quantitative estimate of drug-likeness (QED) is 0.235. The molecule has 2 aromatic heterocycles. The SMILES string of the molecule is Cc1cccc(C(=O)NN)c1Oc1ncnc(N2CCN(C(=O)c3ccco3)CC2)c1[N+](=O)[O-]. The maximum absolute atomic E-state index is 12.5. The fourth-order valence-electron chi connectivity index (χ4n) is 3.64. The Bertz CT molecular complexity index is 1220. The number of furan rings is 1. The summed E-state index contributed by atoms with van der Waals surface area (Å²) in [5.41, 5.74) is 2.23. The number of amides is 2.